The monoisotopic (exact) mass is 186 g/mol. The van der Waals surface area contributed by atoms with Crippen molar-refractivity contribution in [2.75, 3.05) is 7.05 Å². The largest absolute Gasteiger partial charge is 0.358 e. The zero-order valence-corrected chi connectivity index (χ0v) is 9.40. The highest BCUT2D eigenvalue weighted by molar-refractivity contribution is 5.81. The third-order valence-electron chi connectivity index (χ3n) is 2.12. The quantitative estimate of drug-likeness (QED) is 0.679. The number of likely N-dealkylation sites (N-methyl/N-ethyl adjacent to an activating group) is 1. The highest BCUT2D eigenvalue weighted by Gasteiger charge is 2.21. The number of rotatable bonds is 5. The molecule has 0 heterocycles. The Kier molecular flexibility index (Phi) is 4.99. The van der Waals surface area contributed by atoms with E-state index in [0.29, 0.717) is 0 Å². The summed E-state index contributed by atoms with van der Waals surface area (Å²) >= 11 is 0. The van der Waals surface area contributed by atoms with Gasteiger partial charge in [0, 0.05) is 12.6 Å². The molecule has 1 atom stereocenters. The van der Waals surface area contributed by atoms with E-state index in [2.05, 4.69) is 31.4 Å². The standard InChI is InChI=1S/C10H22N2O/c1-6-7-10(3,4)12-8(2)9(13)11-5/h8,12H,6-7H2,1-5H3,(H,11,13). The van der Waals surface area contributed by atoms with Crippen LogP contribution >= 0.6 is 0 Å². The lowest BCUT2D eigenvalue weighted by Crippen LogP contribution is -2.50. The summed E-state index contributed by atoms with van der Waals surface area (Å²) in [6.07, 6.45) is 2.20. The van der Waals surface area contributed by atoms with Crippen LogP contribution in [0.2, 0.25) is 0 Å². The van der Waals surface area contributed by atoms with Crippen molar-refractivity contribution < 1.29 is 4.79 Å². The predicted molar refractivity (Wildman–Crippen MR) is 55.7 cm³/mol. The number of amides is 1. The average molecular weight is 186 g/mol. The van der Waals surface area contributed by atoms with Gasteiger partial charge in [0.25, 0.3) is 0 Å². The minimum atomic E-state index is -0.119. The van der Waals surface area contributed by atoms with Crippen molar-refractivity contribution in [3.8, 4) is 0 Å². The van der Waals surface area contributed by atoms with Gasteiger partial charge in [0.15, 0.2) is 0 Å². The summed E-state index contributed by atoms with van der Waals surface area (Å²) in [7, 11) is 1.66. The van der Waals surface area contributed by atoms with Gasteiger partial charge in [-0.05, 0) is 27.2 Å². The number of carbonyl (C=O) groups is 1. The molecule has 0 radical (unpaired) electrons. The maximum atomic E-state index is 11.2. The molecule has 0 bridgehead atoms. The number of hydrogen-bond donors (Lipinski definition) is 2. The van der Waals surface area contributed by atoms with Crippen LogP contribution in [0.5, 0.6) is 0 Å². The molecule has 0 aliphatic carbocycles. The molecule has 0 fully saturated rings. The molecule has 1 unspecified atom stereocenters. The van der Waals surface area contributed by atoms with E-state index in [4.69, 9.17) is 0 Å². The molecule has 2 N–H and O–H groups in total. The maximum absolute atomic E-state index is 11.2. The van der Waals surface area contributed by atoms with Crippen LogP contribution in [-0.2, 0) is 4.79 Å². The Labute approximate surface area is 81.3 Å². The topological polar surface area (TPSA) is 41.1 Å². The van der Waals surface area contributed by atoms with Crippen LogP contribution < -0.4 is 10.6 Å². The highest BCUT2D eigenvalue weighted by Crippen LogP contribution is 2.11. The lowest BCUT2D eigenvalue weighted by Gasteiger charge is -2.29. The Morgan fingerprint density at radius 3 is 2.38 bits per heavy atom. The average Bonchev–Trinajstić information content (AvgIpc) is 2.01. The first-order chi connectivity index (χ1) is 5.93. The number of carbonyl (C=O) groups excluding carboxylic acids is 1. The van der Waals surface area contributed by atoms with Crippen LogP contribution in [0.4, 0.5) is 0 Å². The van der Waals surface area contributed by atoms with E-state index in [1.165, 1.54) is 0 Å². The van der Waals surface area contributed by atoms with Crippen molar-refractivity contribution in [1.29, 1.82) is 0 Å². The number of nitrogens with one attached hydrogen (secondary N) is 2. The van der Waals surface area contributed by atoms with E-state index in [1.807, 2.05) is 6.92 Å². The van der Waals surface area contributed by atoms with E-state index in [0.717, 1.165) is 12.8 Å². The first-order valence-corrected chi connectivity index (χ1v) is 4.92. The Hall–Kier alpha value is -0.570. The summed E-state index contributed by atoms with van der Waals surface area (Å²) in [5.41, 5.74) is 0.0423. The second-order valence-corrected chi connectivity index (χ2v) is 4.11. The van der Waals surface area contributed by atoms with Crippen molar-refractivity contribution in [2.45, 2.75) is 52.1 Å². The van der Waals surface area contributed by atoms with E-state index < -0.39 is 0 Å². The third kappa shape index (κ3) is 4.88. The van der Waals surface area contributed by atoms with E-state index in [1.54, 1.807) is 7.05 Å². The fourth-order valence-corrected chi connectivity index (χ4v) is 1.57. The summed E-state index contributed by atoms with van der Waals surface area (Å²) in [4.78, 5) is 11.2. The van der Waals surface area contributed by atoms with Crippen LogP contribution in [-0.4, -0.2) is 24.5 Å². The first kappa shape index (κ1) is 12.4. The molecule has 1 amide bonds. The minimum absolute atomic E-state index is 0.0423. The molecule has 0 aromatic carbocycles. The third-order valence-corrected chi connectivity index (χ3v) is 2.12. The van der Waals surface area contributed by atoms with Crippen molar-refractivity contribution in [1.82, 2.24) is 10.6 Å². The summed E-state index contributed by atoms with van der Waals surface area (Å²) in [5, 5.41) is 5.92. The molecular formula is C10H22N2O. The summed E-state index contributed by atoms with van der Waals surface area (Å²) in [5.74, 6) is 0.0455. The zero-order valence-electron chi connectivity index (χ0n) is 9.40. The summed E-state index contributed by atoms with van der Waals surface area (Å²) in [6.45, 7) is 8.27. The van der Waals surface area contributed by atoms with Crippen molar-refractivity contribution in [3.63, 3.8) is 0 Å². The Bertz CT molecular complexity index is 166. The maximum Gasteiger partial charge on any atom is 0.236 e. The van der Waals surface area contributed by atoms with Gasteiger partial charge < -0.3 is 10.6 Å². The molecule has 0 aromatic rings. The van der Waals surface area contributed by atoms with E-state index in [-0.39, 0.29) is 17.5 Å². The fraction of sp³-hybridized carbons (Fsp3) is 0.900. The Morgan fingerprint density at radius 2 is 2.00 bits per heavy atom. The lowest BCUT2D eigenvalue weighted by molar-refractivity contribution is -0.122. The van der Waals surface area contributed by atoms with Crippen molar-refractivity contribution in [2.24, 2.45) is 0 Å². The van der Waals surface area contributed by atoms with Crippen molar-refractivity contribution in [3.05, 3.63) is 0 Å². The summed E-state index contributed by atoms with van der Waals surface area (Å²) in [6, 6.07) is -0.119. The summed E-state index contributed by atoms with van der Waals surface area (Å²) < 4.78 is 0. The van der Waals surface area contributed by atoms with Gasteiger partial charge in [0.05, 0.1) is 6.04 Å². The van der Waals surface area contributed by atoms with E-state index in [9.17, 15) is 4.79 Å². The number of hydrogen-bond acceptors (Lipinski definition) is 2. The van der Waals surface area contributed by atoms with Crippen LogP contribution in [0.15, 0.2) is 0 Å². The molecule has 3 heteroatoms. The van der Waals surface area contributed by atoms with Crippen LogP contribution in [0.3, 0.4) is 0 Å². The molecule has 78 valence electrons. The van der Waals surface area contributed by atoms with Gasteiger partial charge >= 0.3 is 0 Å². The van der Waals surface area contributed by atoms with Crippen LogP contribution in [0.25, 0.3) is 0 Å². The smallest absolute Gasteiger partial charge is 0.236 e. The van der Waals surface area contributed by atoms with Gasteiger partial charge in [0.2, 0.25) is 5.91 Å². The normalized spacial score (nSPS) is 13.9. The lowest BCUT2D eigenvalue weighted by atomic mass is 9.98. The fourth-order valence-electron chi connectivity index (χ4n) is 1.57. The second-order valence-electron chi connectivity index (χ2n) is 4.11. The van der Waals surface area contributed by atoms with Gasteiger partial charge in [-0.15, -0.1) is 0 Å². The second kappa shape index (κ2) is 5.22. The van der Waals surface area contributed by atoms with E-state index >= 15 is 0 Å². The Balaban J connectivity index is 4.02. The van der Waals surface area contributed by atoms with Crippen LogP contribution in [0, 0.1) is 0 Å². The van der Waals surface area contributed by atoms with Crippen LogP contribution in [0.1, 0.15) is 40.5 Å². The van der Waals surface area contributed by atoms with Crippen molar-refractivity contribution >= 4 is 5.91 Å². The highest BCUT2D eigenvalue weighted by atomic mass is 16.2. The molecule has 0 aliphatic heterocycles. The molecule has 0 aromatic heterocycles. The zero-order chi connectivity index (χ0) is 10.5. The first-order valence-electron chi connectivity index (χ1n) is 4.92. The molecular weight excluding hydrogens is 164 g/mol. The molecule has 0 saturated heterocycles. The Morgan fingerprint density at radius 1 is 1.46 bits per heavy atom. The van der Waals surface area contributed by atoms with Gasteiger partial charge in [-0.25, -0.2) is 0 Å². The van der Waals surface area contributed by atoms with Gasteiger partial charge in [-0.1, -0.05) is 13.3 Å². The molecule has 0 saturated carbocycles. The predicted octanol–water partition coefficient (Wildman–Crippen LogP) is 1.29. The SMILES string of the molecule is CCCC(C)(C)NC(C)C(=O)NC. The molecule has 13 heavy (non-hydrogen) atoms. The molecule has 3 nitrogen and oxygen atoms in total. The van der Waals surface area contributed by atoms with Gasteiger partial charge in [-0.3, -0.25) is 4.79 Å². The molecule has 0 rings (SSSR count). The van der Waals surface area contributed by atoms with Gasteiger partial charge in [-0.2, -0.15) is 0 Å². The molecule has 0 spiro atoms. The van der Waals surface area contributed by atoms with Gasteiger partial charge in [0.1, 0.15) is 0 Å². The minimum Gasteiger partial charge on any atom is -0.358 e. The molecule has 0 aliphatic rings.